The first-order chi connectivity index (χ1) is 10.1. The Balaban J connectivity index is 1.77. The zero-order chi connectivity index (χ0) is 15.2. The second kappa shape index (κ2) is 7.17. The number of benzene rings is 1. The maximum atomic E-state index is 12.0. The van der Waals surface area contributed by atoms with E-state index in [9.17, 15) is 9.59 Å². The largest absolute Gasteiger partial charge is 0.484 e. The van der Waals surface area contributed by atoms with Crippen molar-refractivity contribution in [1.29, 1.82) is 0 Å². The lowest BCUT2D eigenvalue weighted by Crippen LogP contribution is -2.51. The molecule has 0 atom stereocenters. The Morgan fingerprint density at radius 1 is 1.10 bits per heavy atom. The molecule has 2 rings (SSSR count). The quantitative estimate of drug-likeness (QED) is 0.851. The van der Waals surface area contributed by atoms with E-state index in [1.807, 2.05) is 0 Å². The van der Waals surface area contributed by atoms with Crippen LogP contribution >= 0.6 is 11.6 Å². The number of methoxy groups -OCH3 is 1. The van der Waals surface area contributed by atoms with Crippen molar-refractivity contribution in [1.82, 2.24) is 9.80 Å². The van der Waals surface area contributed by atoms with E-state index in [4.69, 9.17) is 16.3 Å². The van der Waals surface area contributed by atoms with E-state index < -0.39 is 0 Å². The Morgan fingerprint density at radius 2 is 1.67 bits per heavy atom. The average Bonchev–Trinajstić information content (AvgIpc) is 2.53. The van der Waals surface area contributed by atoms with Gasteiger partial charge in [0.15, 0.2) is 6.61 Å². The molecule has 0 aliphatic carbocycles. The zero-order valence-electron chi connectivity index (χ0n) is 11.8. The maximum absolute atomic E-state index is 12.0. The van der Waals surface area contributed by atoms with E-state index in [2.05, 4.69) is 4.74 Å². The summed E-state index contributed by atoms with van der Waals surface area (Å²) in [5.41, 5.74) is 0. The fourth-order valence-corrected chi connectivity index (χ4v) is 2.16. The summed E-state index contributed by atoms with van der Waals surface area (Å²) in [5, 5.41) is 0.618. The van der Waals surface area contributed by atoms with Crippen LogP contribution in [0, 0.1) is 0 Å². The molecular weight excluding hydrogens is 296 g/mol. The number of ether oxygens (including phenoxy) is 2. The van der Waals surface area contributed by atoms with E-state index in [1.165, 1.54) is 7.11 Å². The number of rotatable bonds is 3. The van der Waals surface area contributed by atoms with Gasteiger partial charge in [0, 0.05) is 31.2 Å². The van der Waals surface area contributed by atoms with Gasteiger partial charge in [0.25, 0.3) is 5.91 Å². The van der Waals surface area contributed by atoms with Crippen LogP contribution in [-0.4, -0.2) is 61.7 Å². The molecule has 2 amide bonds. The predicted octanol–water partition coefficient (Wildman–Crippen LogP) is 1.63. The van der Waals surface area contributed by atoms with E-state index in [0.717, 1.165) is 0 Å². The Hall–Kier alpha value is -1.95. The van der Waals surface area contributed by atoms with Crippen molar-refractivity contribution in [2.24, 2.45) is 0 Å². The second-order valence-electron chi connectivity index (χ2n) is 4.58. The van der Waals surface area contributed by atoms with Gasteiger partial charge < -0.3 is 19.3 Å². The normalized spacial score (nSPS) is 14.8. The molecule has 1 heterocycles. The van der Waals surface area contributed by atoms with Crippen LogP contribution in [0.1, 0.15) is 0 Å². The lowest BCUT2D eigenvalue weighted by atomic mass is 10.3. The van der Waals surface area contributed by atoms with Crippen LogP contribution in [0.3, 0.4) is 0 Å². The van der Waals surface area contributed by atoms with Gasteiger partial charge in [-0.05, 0) is 24.3 Å². The van der Waals surface area contributed by atoms with Crippen molar-refractivity contribution in [3.8, 4) is 5.75 Å². The van der Waals surface area contributed by atoms with Crippen LogP contribution in [0.4, 0.5) is 4.79 Å². The number of halogens is 1. The monoisotopic (exact) mass is 312 g/mol. The molecule has 0 bridgehead atoms. The molecule has 1 saturated heterocycles. The Labute approximate surface area is 128 Å². The van der Waals surface area contributed by atoms with E-state index >= 15 is 0 Å². The first kappa shape index (κ1) is 15.4. The molecular formula is C14H17ClN2O4. The van der Waals surface area contributed by atoms with Gasteiger partial charge in [0.1, 0.15) is 5.75 Å². The summed E-state index contributed by atoms with van der Waals surface area (Å²) in [6.07, 6.45) is -0.362. The van der Waals surface area contributed by atoms with Crippen molar-refractivity contribution >= 4 is 23.6 Å². The molecule has 0 saturated carbocycles. The van der Waals surface area contributed by atoms with Gasteiger partial charge in [-0.15, -0.1) is 0 Å². The van der Waals surface area contributed by atoms with Crippen LogP contribution in [0.15, 0.2) is 24.3 Å². The van der Waals surface area contributed by atoms with Gasteiger partial charge >= 0.3 is 6.09 Å². The standard InChI is InChI=1S/C14H17ClN2O4/c1-20-14(19)17-8-6-16(7-9-17)13(18)10-21-12-4-2-11(15)3-5-12/h2-5H,6-10H2,1H3. The number of carbonyl (C=O) groups excluding carboxylic acids is 2. The lowest BCUT2D eigenvalue weighted by molar-refractivity contribution is -0.134. The topological polar surface area (TPSA) is 59.1 Å². The number of piperazine rings is 1. The molecule has 0 spiro atoms. The van der Waals surface area contributed by atoms with Gasteiger partial charge in [-0.1, -0.05) is 11.6 Å². The number of nitrogens with zero attached hydrogens (tertiary/aromatic N) is 2. The highest BCUT2D eigenvalue weighted by atomic mass is 35.5. The molecule has 7 heteroatoms. The van der Waals surface area contributed by atoms with E-state index in [0.29, 0.717) is 37.0 Å². The number of hydrogen-bond acceptors (Lipinski definition) is 4. The zero-order valence-corrected chi connectivity index (χ0v) is 12.5. The molecule has 0 aromatic heterocycles. The molecule has 114 valence electrons. The van der Waals surface area contributed by atoms with Crippen LogP contribution in [0.2, 0.25) is 5.02 Å². The SMILES string of the molecule is COC(=O)N1CCN(C(=O)COc2ccc(Cl)cc2)CC1. The fourth-order valence-electron chi connectivity index (χ4n) is 2.03. The van der Waals surface area contributed by atoms with Crippen LogP contribution in [-0.2, 0) is 9.53 Å². The third kappa shape index (κ3) is 4.26. The third-order valence-electron chi connectivity index (χ3n) is 3.24. The van der Waals surface area contributed by atoms with Gasteiger partial charge in [0.05, 0.1) is 7.11 Å². The van der Waals surface area contributed by atoms with Crippen LogP contribution < -0.4 is 4.74 Å². The van der Waals surface area contributed by atoms with Crippen molar-refractivity contribution in [3.05, 3.63) is 29.3 Å². The summed E-state index contributed by atoms with van der Waals surface area (Å²) in [7, 11) is 1.35. The Morgan fingerprint density at radius 3 is 2.24 bits per heavy atom. The molecule has 6 nitrogen and oxygen atoms in total. The number of amides is 2. The minimum atomic E-state index is -0.362. The van der Waals surface area contributed by atoms with Crippen LogP contribution in [0.5, 0.6) is 5.75 Å². The smallest absolute Gasteiger partial charge is 0.409 e. The first-order valence-electron chi connectivity index (χ1n) is 6.59. The van der Waals surface area contributed by atoms with Gasteiger partial charge in [-0.3, -0.25) is 4.79 Å². The molecule has 21 heavy (non-hydrogen) atoms. The molecule has 0 N–H and O–H groups in total. The maximum Gasteiger partial charge on any atom is 0.409 e. The highest BCUT2D eigenvalue weighted by Gasteiger charge is 2.24. The van der Waals surface area contributed by atoms with Crippen molar-refractivity contribution in [2.45, 2.75) is 0 Å². The van der Waals surface area contributed by atoms with E-state index in [1.54, 1.807) is 34.1 Å². The summed E-state index contributed by atoms with van der Waals surface area (Å²) in [6, 6.07) is 6.84. The first-order valence-corrected chi connectivity index (χ1v) is 6.97. The molecule has 1 fully saturated rings. The predicted molar refractivity (Wildman–Crippen MR) is 77.5 cm³/mol. The lowest BCUT2D eigenvalue weighted by Gasteiger charge is -2.33. The Kier molecular flexibility index (Phi) is 5.27. The van der Waals surface area contributed by atoms with Crippen molar-refractivity contribution in [2.75, 3.05) is 39.9 Å². The highest BCUT2D eigenvalue weighted by molar-refractivity contribution is 6.30. The molecule has 1 aromatic rings. The molecule has 1 aliphatic heterocycles. The van der Waals surface area contributed by atoms with Gasteiger partial charge in [0.2, 0.25) is 0 Å². The van der Waals surface area contributed by atoms with Crippen molar-refractivity contribution in [3.63, 3.8) is 0 Å². The summed E-state index contributed by atoms with van der Waals surface area (Å²) in [4.78, 5) is 26.6. The van der Waals surface area contributed by atoms with Gasteiger partial charge in [-0.25, -0.2) is 4.79 Å². The van der Waals surface area contributed by atoms with Gasteiger partial charge in [-0.2, -0.15) is 0 Å². The summed E-state index contributed by atoms with van der Waals surface area (Å²) >= 11 is 5.77. The summed E-state index contributed by atoms with van der Waals surface area (Å²) in [5.74, 6) is 0.496. The number of hydrogen-bond donors (Lipinski definition) is 0. The highest BCUT2D eigenvalue weighted by Crippen LogP contribution is 2.15. The summed E-state index contributed by atoms with van der Waals surface area (Å²) in [6.45, 7) is 1.88. The molecule has 0 radical (unpaired) electrons. The third-order valence-corrected chi connectivity index (χ3v) is 3.49. The number of carbonyl (C=O) groups is 2. The van der Waals surface area contributed by atoms with E-state index in [-0.39, 0.29) is 18.6 Å². The van der Waals surface area contributed by atoms with Crippen LogP contribution in [0.25, 0.3) is 0 Å². The minimum Gasteiger partial charge on any atom is -0.484 e. The molecule has 1 aliphatic rings. The van der Waals surface area contributed by atoms with Crippen molar-refractivity contribution < 1.29 is 19.1 Å². The molecule has 1 aromatic carbocycles. The average molecular weight is 313 g/mol. The fraction of sp³-hybridized carbons (Fsp3) is 0.429. The summed E-state index contributed by atoms with van der Waals surface area (Å²) < 4.78 is 10.1. The Bertz CT molecular complexity index is 498. The second-order valence-corrected chi connectivity index (χ2v) is 5.02. The molecule has 0 unspecified atom stereocenters. The minimum absolute atomic E-state index is 0.0279.